The second-order valence-corrected chi connectivity index (χ2v) is 6.54. The van der Waals surface area contributed by atoms with E-state index in [9.17, 15) is 25.5 Å². The molecule has 0 saturated carbocycles. The molecule has 9 atom stereocenters. The van der Waals surface area contributed by atoms with E-state index in [1.807, 2.05) is 0 Å². The Kier molecular flexibility index (Phi) is 6.77. The van der Waals surface area contributed by atoms with Gasteiger partial charge >= 0.3 is 0 Å². The van der Waals surface area contributed by atoms with Gasteiger partial charge in [0.1, 0.15) is 36.6 Å². The maximum atomic E-state index is 10.1. The smallest absolute Gasteiger partial charge is 0.214 e. The fraction of sp³-hybridized carbons (Fsp3) is 1.00. The molecule has 0 bridgehead atoms. The Balaban J connectivity index is 2.18. The van der Waals surface area contributed by atoms with Crippen molar-refractivity contribution in [1.29, 1.82) is 0 Å². The van der Waals surface area contributed by atoms with Crippen molar-refractivity contribution in [1.82, 2.24) is 0 Å². The maximum Gasteiger partial charge on any atom is 0.214 e. The van der Waals surface area contributed by atoms with Gasteiger partial charge < -0.3 is 39.7 Å². The second-order valence-electron chi connectivity index (χ2n) is 5.46. The van der Waals surface area contributed by atoms with E-state index in [1.54, 1.807) is 0 Å². The largest absolute Gasteiger partial charge is 0.394 e. The summed E-state index contributed by atoms with van der Waals surface area (Å²) in [6.07, 6.45) is -9.39. The van der Waals surface area contributed by atoms with Crippen molar-refractivity contribution in [2.24, 2.45) is 0 Å². The van der Waals surface area contributed by atoms with E-state index in [1.165, 1.54) is 0 Å². The third kappa shape index (κ3) is 3.58. The lowest BCUT2D eigenvalue weighted by molar-refractivity contribution is -0.357. The summed E-state index contributed by atoms with van der Waals surface area (Å²) in [5.74, 6) is -2.43. The summed E-state index contributed by atoms with van der Waals surface area (Å²) >= 11 is 17.3. The standard InChI is InChI=1S/C12H19Cl3O8/c13-1-4-7(17)10(20)12(3-14,22-4)23-11-9(19)8(18)6(15)5(2-16)21-11/h4-11,16-20H,1-3H2/t4-,5?,6?,7+,8?,9?,10?,11?,12-/m0/s1. The van der Waals surface area contributed by atoms with Gasteiger partial charge in [0.05, 0.1) is 23.7 Å². The van der Waals surface area contributed by atoms with Crippen molar-refractivity contribution in [3.8, 4) is 0 Å². The van der Waals surface area contributed by atoms with Crippen LogP contribution in [0.3, 0.4) is 0 Å². The number of aliphatic hydroxyl groups is 5. The molecule has 136 valence electrons. The second kappa shape index (κ2) is 7.84. The van der Waals surface area contributed by atoms with Crippen LogP contribution in [0.4, 0.5) is 0 Å². The molecular weight excluding hydrogens is 378 g/mol. The zero-order valence-corrected chi connectivity index (χ0v) is 14.1. The van der Waals surface area contributed by atoms with Gasteiger partial charge in [0.15, 0.2) is 6.29 Å². The van der Waals surface area contributed by atoms with Gasteiger partial charge in [-0.2, -0.15) is 0 Å². The molecule has 0 aromatic carbocycles. The summed E-state index contributed by atoms with van der Waals surface area (Å²) in [5.41, 5.74) is 0. The highest BCUT2D eigenvalue weighted by Crippen LogP contribution is 2.37. The first-order valence-electron chi connectivity index (χ1n) is 6.91. The molecule has 23 heavy (non-hydrogen) atoms. The van der Waals surface area contributed by atoms with E-state index < -0.39 is 66.6 Å². The van der Waals surface area contributed by atoms with E-state index in [4.69, 9.17) is 49.0 Å². The predicted molar refractivity (Wildman–Crippen MR) is 79.5 cm³/mol. The van der Waals surface area contributed by atoms with Gasteiger partial charge in [0.2, 0.25) is 5.79 Å². The van der Waals surface area contributed by atoms with Crippen molar-refractivity contribution >= 4 is 34.8 Å². The minimum absolute atomic E-state index is 0.125. The van der Waals surface area contributed by atoms with Crippen molar-refractivity contribution in [3.05, 3.63) is 0 Å². The molecule has 2 aliphatic rings. The van der Waals surface area contributed by atoms with Crippen LogP contribution in [0.2, 0.25) is 0 Å². The molecule has 2 aliphatic heterocycles. The maximum absolute atomic E-state index is 10.1. The molecule has 0 aliphatic carbocycles. The summed E-state index contributed by atoms with van der Waals surface area (Å²) in [6, 6.07) is 0. The molecule has 0 spiro atoms. The number of halogens is 3. The molecule has 6 unspecified atom stereocenters. The summed E-state index contributed by atoms with van der Waals surface area (Å²) < 4.78 is 16.1. The number of hydrogen-bond acceptors (Lipinski definition) is 8. The lowest BCUT2D eigenvalue weighted by Gasteiger charge is -2.43. The molecule has 0 radical (unpaired) electrons. The Morgan fingerprint density at radius 2 is 1.65 bits per heavy atom. The first kappa shape index (κ1) is 19.9. The Labute approximate surface area is 147 Å². The third-order valence-corrected chi connectivity index (χ3v) is 5.17. The molecule has 0 aromatic rings. The molecule has 8 nitrogen and oxygen atoms in total. The minimum Gasteiger partial charge on any atom is -0.394 e. The number of rotatable bonds is 5. The van der Waals surface area contributed by atoms with Crippen molar-refractivity contribution in [3.63, 3.8) is 0 Å². The lowest BCUT2D eigenvalue weighted by atomic mass is 10.0. The third-order valence-electron chi connectivity index (χ3n) is 3.96. The topological polar surface area (TPSA) is 129 Å². The molecule has 2 rings (SSSR count). The Morgan fingerprint density at radius 3 is 2.13 bits per heavy atom. The zero-order valence-electron chi connectivity index (χ0n) is 11.8. The Bertz CT molecular complexity index is 403. The molecule has 11 heteroatoms. The van der Waals surface area contributed by atoms with Crippen molar-refractivity contribution < 1.29 is 39.7 Å². The summed E-state index contributed by atoms with van der Waals surface area (Å²) in [7, 11) is 0. The summed E-state index contributed by atoms with van der Waals surface area (Å²) in [4.78, 5) is 0. The first-order valence-corrected chi connectivity index (χ1v) is 8.42. The van der Waals surface area contributed by atoms with Crippen LogP contribution < -0.4 is 0 Å². The van der Waals surface area contributed by atoms with Crippen LogP contribution in [0, 0.1) is 0 Å². The van der Waals surface area contributed by atoms with Crippen molar-refractivity contribution in [2.45, 2.75) is 54.1 Å². The van der Waals surface area contributed by atoms with Crippen LogP contribution in [0.25, 0.3) is 0 Å². The fourth-order valence-corrected chi connectivity index (χ4v) is 3.37. The molecule has 2 saturated heterocycles. The molecule has 0 aromatic heterocycles. The average molecular weight is 398 g/mol. The Hall–Kier alpha value is 0.550. The van der Waals surface area contributed by atoms with E-state index in [2.05, 4.69) is 0 Å². The van der Waals surface area contributed by atoms with Crippen LogP contribution in [0.15, 0.2) is 0 Å². The minimum atomic E-state index is -1.90. The van der Waals surface area contributed by atoms with Gasteiger partial charge in [0.25, 0.3) is 0 Å². The van der Waals surface area contributed by atoms with Crippen LogP contribution in [0.1, 0.15) is 0 Å². The highest BCUT2D eigenvalue weighted by molar-refractivity contribution is 6.21. The van der Waals surface area contributed by atoms with E-state index >= 15 is 0 Å². The van der Waals surface area contributed by atoms with Crippen LogP contribution in [0.5, 0.6) is 0 Å². The quantitative estimate of drug-likeness (QED) is 0.349. The first-order chi connectivity index (χ1) is 10.8. The number of ether oxygens (including phenoxy) is 3. The number of aliphatic hydroxyl groups excluding tert-OH is 5. The van der Waals surface area contributed by atoms with Gasteiger partial charge in [-0.3, -0.25) is 0 Å². The van der Waals surface area contributed by atoms with E-state index in [0.717, 1.165) is 0 Å². The van der Waals surface area contributed by atoms with Gasteiger partial charge in [-0.05, 0) is 0 Å². The lowest BCUT2D eigenvalue weighted by Crippen LogP contribution is -2.61. The molecular formula is C12H19Cl3O8. The average Bonchev–Trinajstić information content (AvgIpc) is 2.80. The molecule has 2 heterocycles. The number of alkyl halides is 3. The van der Waals surface area contributed by atoms with Gasteiger partial charge in [-0.1, -0.05) is 0 Å². The molecule has 2 fully saturated rings. The SMILES string of the molecule is OCC1OC(O[C@]2(CCl)O[C@@H](CCl)[C@@H](O)C2O)C(O)C(O)C1Cl. The Morgan fingerprint density at radius 1 is 1.00 bits per heavy atom. The van der Waals surface area contributed by atoms with Crippen LogP contribution in [-0.4, -0.2) is 98.0 Å². The molecule has 5 N–H and O–H groups in total. The van der Waals surface area contributed by atoms with E-state index in [-0.39, 0.29) is 5.88 Å². The summed E-state index contributed by atoms with van der Waals surface area (Å²) in [6.45, 7) is -0.526. The summed E-state index contributed by atoms with van der Waals surface area (Å²) in [5, 5.41) is 48.1. The normalized spacial score (nSPS) is 51.1. The predicted octanol–water partition coefficient (Wildman–Crippen LogP) is -1.66. The van der Waals surface area contributed by atoms with Gasteiger partial charge in [-0.25, -0.2) is 0 Å². The van der Waals surface area contributed by atoms with Gasteiger partial charge in [0, 0.05) is 0 Å². The zero-order chi connectivity index (χ0) is 17.4. The van der Waals surface area contributed by atoms with Crippen molar-refractivity contribution in [2.75, 3.05) is 18.4 Å². The van der Waals surface area contributed by atoms with E-state index in [0.29, 0.717) is 0 Å². The fourth-order valence-electron chi connectivity index (χ4n) is 2.56. The monoisotopic (exact) mass is 396 g/mol. The molecule has 0 amide bonds. The van der Waals surface area contributed by atoms with Gasteiger partial charge in [-0.15, -0.1) is 34.8 Å². The van der Waals surface area contributed by atoms with Crippen LogP contribution in [-0.2, 0) is 14.2 Å². The highest BCUT2D eigenvalue weighted by atomic mass is 35.5. The van der Waals surface area contributed by atoms with Crippen LogP contribution >= 0.6 is 34.8 Å². The number of hydrogen-bond donors (Lipinski definition) is 5. The highest BCUT2D eigenvalue weighted by Gasteiger charge is 2.58.